The minimum absolute atomic E-state index is 0.108. The topological polar surface area (TPSA) is 61.5 Å². The van der Waals surface area contributed by atoms with Gasteiger partial charge in [0.05, 0.1) is 30.2 Å². The van der Waals surface area contributed by atoms with Gasteiger partial charge in [-0.2, -0.15) is 0 Å². The van der Waals surface area contributed by atoms with E-state index in [2.05, 4.69) is 70.3 Å². The fourth-order valence-corrected chi connectivity index (χ4v) is 5.53. The third kappa shape index (κ3) is 4.32. The number of aromatic amines is 1. The Labute approximate surface area is 211 Å². The number of piperidine rings is 1. The summed E-state index contributed by atoms with van der Waals surface area (Å²) in [5.74, 6) is 1.77. The van der Waals surface area contributed by atoms with Crippen molar-refractivity contribution in [3.05, 3.63) is 83.2 Å². The third-order valence-corrected chi connectivity index (χ3v) is 7.46. The van der Waals surface area contributed by atoms with Gasteiger partial charge >= 0.3 is 6.03 Å². The lowest BCUT2D eigenvalue weighted by atomic mass is 9.95. The van der Waals surface area contributed by atoms with Crippen LogP contribution in [0.3, 0.4) is 0 Å². The Bertz CT molecular complexity index is 1410. The van der Waals surface area contributed by atoms with Gasteiger partial charge in [0.25, 0.3) is 0 Å². The van der Waals surface area contributed by atoms with Gasteiger partial charge in [-0.25, -0.2) is 9.78 Å². The lowest BCUT2D eigenvalue weighted by Gasteiger charge is -2.39. The molecule has 6 nitrogen and oxygen atoms in total. The summed E-state index contributed by atoms with van der Waals surface area (Å²) >= 11 is 0. The molecule has 0 aliphatic carbocycles. The van der Waals surface area contributed by atoms with Crippen molar-refractivity contribution in [3.8, 4) is 16.9 Å². The molecule has 2 aliphatic heterocycles. The maximum Gasteiger partial charge on any atom is 0.320 e. The Morgan fingerprint density at radius 3 is 2.64 bits per heavy atom. The van der Waals surface area contributed by atoms with E-state index in [1.54, 1.807) is 0 Å². The minimum atomic E-state index is 0.108. The number of H-pyrrole nitrogens is 1. The van der Waals surface area contributed by atoms with Gasteiger partial charge in [-0.05, 0) is 74.1 Å². The number of nitrogens with zero attached hydrogens (tertiary/aromatic N) is 3. The summed E-state index contributed by atoms with van der Waals surface area (Å²) in [6, 6.07) is 21.5. The maximum atomic E-state index is 13.9. The molecule has 36 heavy (non-hydrogen) atoms. The Morgan fingerprint density at radius 2 is 1.78 bits per heavy atom. The average Bonchev–Trinajstić information content (AvgIpc) is 3.14. The number of carbonyl (C=O) groups excluding carboxylic acids is 1. The summed E-state index contributed by atoms with van der Waals surface area (Å²) in [6.07, 6.45) is 3.21. The molecule has 4 aromatic rings. The second-order valence-corrected chi connectivity index (χ2v) is 10.0. The van der Waals surface area contributed by atoms with E-state index >= 15 is 0 Å². The number of rotatable bonds is 2. The minimum Gasteiger partial charge on any atom is -0.491 e. The number of imidazole rings is 1. The van der Waals surface area contributed by atoms with Crippen molar-refractivity contribution in [2.75, 3.05) is 19.7 Å². The number of ether oxygens (including phenoxy) is 1. The van der Waals surface area contributed by atoms with E-state index in [-0.39, 0.29) is 12.1 Å². The van der Waals surface area contributed by atoms with Gasteiger partial charge < -0.3 is 19.5 Å². The molecular formula is C30H32N4O2. The first-order chi connectivity index (χ1) is 17.5. The van der Waals surface area contributed by atoms with E-state index in [4.69, 9.17) is 4.74 Å². The number of urea groups is 1. The first kappa shape index (κ1) is 22.7. The third-order valence-electron chi connectivity index (χ3n) is 7.46. The van der Waals surface area contributed by atoms with Gasteiger partial charge in [-0.15, -0.1) is 0 Å². The number of fused-ring (bicyclic) bond motifs is 2. The van der Waals surface area contributed by atoms with Crippen LogP contribution in [0.2, 0.25) is 0 Å². The van der Waals surface area contributed by atoms with E-state index in [9.17, 15) is 4.79 Å². The van der Waals surface area contributed by atoms with Crippen LogP contribution in [0.4, 0.5) is 4.79 Å². The molecule has 3 heterocycles. The summed E-state index contributed by atoms with van der Waals surface area (Å²) < 4.78 is 6.08. The number of aryl methyl sites for hydroxylation is 2. The molecule has 1 atom stereocenters. The van der Waals surface area contributed by atoms with Gasteiger partial charge in [0.1, 0.15) is 18.2 Å². The lowest BCUT2D eigenvalue weighted by molar-refractivity contribution is 0.110. The SMILES string of the molecule is Cc1ccc(C2CCCCN2C(=O)N2CCOc3ccc(-c4ccc5nc(C)[nH]c5c4)cc3C2)cc1. The number of likely N-dealkylation sites (tertiary alicyclic amines) is 1. The summed E-state index contributed by atoms with van der Waals surface area (Å²) in [5.41, 5.74) is 7.74. The highest BCUT2D eigenvalue weighted by molar-refractivity contribution is 5.82. The van der Waals surface area contributed by atoms with Gasteiger partial charge in [0, 0.05) is 12.1 Å². The van der Waals surface area contributed by atoms with Gasteiger partial charge in [0.2, 0.25) is 0 Å². The molecule has 0 saturated carbocycles. The summed E-state index contributed by atoms with van der Waals surface area (Å²) in [5, 5.41) is 0. The first-order valence-corrected chi connectivity index (χ1v) is 12.9. The van der Waals surface area contributed by atoms with Crippen LogP contribution in [-0.4, -0.2) is 45.5 Å². The van der Waals surface area contributed by atoms with Crippen LogP contribution in [0.15, 0.2) is 60.7 Å². The zero-order chi connectivity index (χ0) is 24.6. The van der Waals surface area contributed by atoms with Crippen molar-refractivity contribution in [2.24, 2.45) is 0 Å². The van der Waals surface area contributed by atoms with Crippen LogP contribution in [0.25, 0.3) is 22.2 Å². The molecule has 2 amide bonds. The van der Waals surface area contributed by atoms with Crippen LogP contribution >= 0.6 is 0 Å². The molecule has 6 rings (SSSR count). The molecule has 184 valence electrons. The molecule has 0 spiro atoms. The van der Waals surface area contributed by atoms with Gasteiger partial charge in [0.15, 0.2) is 0 Å². The largest absolute Gasteiger partial charge is 0.491 e. The Kier molecular flexibility index (Phi) is 5.88. The number of amides is 2. The van der Waals surface area contributed by atoms with Gasteiger partial charge in [-0.3, -0.25) is 0 Å². The molecule has 1 saturated heterocycles. The monoisotopic (exact) mass is 480 g/mol. The van der Waals surface area contributed by atoms with Crippen LogP contribution in [0, 0.1) is 13.8 Å². The van der Waals surface area contributed by atoms with Crippen molar-refractivity contribution < 1.29 is 9.53 Å². The van der Waals surface area contributed by atoms with E-state index in [0.717, 1.165) is 65.1 Å². The normalized spacial score (nSPS) is 18.0. The number of hydrogen-bond donors (Lipinski definition) is 1. The number of benzene rings is 3. The standard InChI is InChI=1S/C30H32N4O2/c1-20-6-8-22(9-7-20)28-5-3-4-14-34(28)30(35)33-15-16-36-29-13-11-23(17-25(29)19-33)24-10-12-26-27(18-24)32-21(2)31-26/h6-13,17-18,28H,3-5,14-16,19H2,1-2H3,(H,31,32). The van der Waals surface area contributed by atoms with Crippen molar-refractivity contribution in [1.82, 2.24) is 19.8 Å². The Balaban J connectivity index is 1.27. The molecule has 2 aliphatic rings. The highest BCUT2D eigenvalue weighted by Gasteiger charge is 2.32. The van der Waals surface area contributed by atoms with Crippen molar-refractivity contribution >= 4 is 17.1 Å². The van der Waals surface area contributed by atoms with E-state index in [1.165, 1.54) is 11.1 Å². The van der Waals surface area contributed by atoms with E-state index in [1.807, 2.05) is 24.0 Å². The Morgan fingerprint density at radius 1 is 0.972 bits per heavy atom. The zero-order valence-corrected chi connectivity index (χ0v) is 21.0. The van der Waals surface area contributed by atoms with E-state index < -0.39 is 0 Å². The first-order valence-electron chi connectivity index (χ1n) is 12.9. The van der Waals surface area contributed by atoms with Crippen LogP contribution in [-0.2, 0) is 6.54 Å². The second kappa shape index (κ2) is 9.34. The molecule has 1 fully saturated rings. The average molecular weight is 481 g/mol. The highest BCUT2D eigenvalue weighted by Crippen LogP contribution is 2.34. The van der Waals surface area contributed by atoms with Crippen LogP contribution in [0.1, 0.15) is 47.8 Å². The summed E-state index contributed by atoms with van der Waals surface area (Å²) in [6.45, 7) is 6.50. The van der Waals surface area contributed by atoms with Crippen molar-refractivity contribution in [1.29, 1.82) is 0 Å². The number of nitrogens with one attached hydrogen (secondary N) is 1. The zero-order valence-electron chi connectivity index (χ0n) is 21.0. The lowest BCUT2D eigenvalue weighted by Crippen LogP contribution is -2.47. The molecular weight excluding hydrogens is 448 g/mol. The van der Waals surface area contributed by atoms with Gasteiger partial charge in [-0.1, -0.05) is 42.0 Å². The molecule has 1 aromatic heterocycles. The predicted octanol–water partition coefficient (Wildman–Crippen LogP) is 6.39. The molecule has 0 bridgehead atoms. The predicted molar refractivity (Wildman–Crippen MR) is 142 cm³/mol. The second-order valence-electron chi connectivity index (χ2n) is 10.0. The number of aromatic nitrogens is 2. The maximum absolute atomic E-state index is 13.9. The molecule has 1 N–H and O–H groups in total. The number of hydrogen-bond acceptors (Lipinski definition) is 3. The fraction of sp³-hybridized carbons (Fsp3) is 0.333. The quantitative estimate of drug-likeness (QED) is 0.362. The molecule has 6 heteroatoms. The molecule has 1 unspecified atom stereocenters. The van der Waals surface area contributed by atoms with E-state index in [0.29, 0.717) is 19.7 Å². The van der Waals surface area contributed by atoms with Crippen molar-refractivity contribution in [3.63, 3.8) is 0 Å². The van der Waals surface area contributed by atoms with Crippen LogP contribution < -0.4 is 4.74 Å². The highest BCUT2D eigenvalue weighted by atomic mass is 16.5. The summed E-state index contributed by atoms with van der Waals surface area (Å²) in [4.78, 5) is 25.7. The van der Waals surface area contributed by atoms with Crippen LogP contribution in [0.5, 0.6) is 5.75 Å². The smallest absolute Gasteiger partial charge is 0.320 e. The fourth-order valence-electron chi connectivity index (χ4n) is 5.53. The summed E-state index contributed by atoms with van der Waals surface area (Å²) in [7, 11) is 0. The van der Waals surface area contributed by atoms with Crippen molar-refractivity contribution in [2.45, 2.75) is 45.7 Å². The number of carbonyl (C=O) groups is 1. The molecule has 0 radical (unpaired) electrons. The Hall–Kier alpha value is -3.80. The molecule has 3 aromatic carbocycles.